The molecule has 0 saturated heterocycles. The average Bonchev–Trinajstić information content (AvgIpc) is 3.38. The van der Waals surface area contributed by atoms with Crippen molar-refractivity contribution in [3.8, 4) is 11.3 Å². The van der Waals surface area contributed by atoms with E-state index < -0.39 is 12.0 Å². The average molecular weight is 471 g/mol. The maximum absolute atomic E-state index is 13.4. The van der Waals surface area contributed by atoms with Crippen LogP contribution in [0.3, 0.4) is 0 Å². The third kappa shape index (κ3) is 4.76. The molecule has 2 heterocycles. The second kappa shape index (κ2) is 9.01. The van der Waals surface area contributed by atoms with E-state index in [1.54, 1.807) is 26.0 Å². The summed E-state index contributed by atoms with van der Waals surface area (Å²) in [4.78, 5) is 16.0. The molecular formula is C22H19FN4O3S2. The molecule has 0 saturated carbocycles. The molecule has 4 aromatic rings. The minimum absolute atomic E-state index is 0.158. The number of thiocarbonyl (C=S) groups is 1. The number of anilines is 2. The van der Waals surface area contributed by atoms with Crippen LogP contribution in [-0.4, -0.2) is 32.2 Å². The first-order chi connectivity index (χ1) is 15.3. The number of carboxylic acid groups (broad SMARTS) is 1. The van der Waals surface area contributed by atoms with E-state index in [1.807, 2.05) is 24.3 Å². The number of nitrogens with zero attached hydrogens (tertiary/aromatic N) is 2. The molecule has 0 bridgehead atoms. The van der Waals surface area contributed by atoms with Crippen LogP contribution in [-0.2, 0) is 4.79 Å². The number of hydrogen-bond acceptors (Lipinski definition) is 7. The van der Waals surface area contributed by atoms with Crippen molar-refractivity contribution >= 4 is 55.5 Å². The molecule has 0 aliphatic carbocycles. The smallest absolute Gasteiger partial charge is 0.326 e. The van der Waals surface area contributed by atoms with Gasteiger partial charge in [0.15, 0.2) is 10.9 Å². The van der Waals surface area contributed by atoms with E-state index in [4.69, 9.17) is 16.7 Å². The summed E-state index contributed by atoms with van der Waals surface area (Å²) in [6, 6.07) is 12.8. The van der Waals surface area contributed by atoms with E-state index in [1.165, 1.54) is 23.5 Å². The van der Waals surface area contributed by atoms with Gasteiger partial charge in [0.2, 0.25) is 0 Å². The molecule has 2 aromatic carbocycles. The Bertz CT molecular complexity index is 1300. The number of fused-ring (bicyclic) bond motifs is 1. The van der Waals surface area contributed by atoms with Gasteiger partial charge < -0.3 is 20.3 Å². The maximum atomic E-state index is 13.4. The Kier molecular flexibility index (Phi) is 6.15. The van der Waals surface area contributed by atoms with Crippen LogP contribution < -0.4 is 10.6 Å². The van der Waals surface area contributed by atoms with Crippen molar-refractivity contribution in [1.82, 2.24) is 15.5 Å². The number of carboxylic acids is 1. The lowest BCUT2D eigenvalue weighted by Gasteiger charge is -2.18. The van der Waals surface area contributed by atoms with Crippen LogP contribution in [0.4, 0.5) is 15.2 Å². The second-order valence-corrected chi connectivity index (χ2v) is 8.89. The van der Waals surface area contributed by atoms with Crippen LogP contribution >= 0.6 is 23.6 Å². The van der Waals surface area contributed by atoms with Crippen molar-refractivity contribution in [2.75, 3.05) is 5.32 Å². The molecule has 10 heteroatoms. The fraction of sp³-hybridized carbons (Fsp3) is 0.182. The number of halogens is 1. The fourth-order valence-corrected chi connectivity index (χ4v) is 4.21. The highest BCUT2D eigenvalue weighted by Crippen LogP contribution is 2.30. The van der Waals surface area contributed by atoms with Gasteiger partial charge in [-0.2, -0.15) is 0 Å². The van der Waals surface area contributed by atoms with Crippen LogP contribution in [0.5, 0.6) is 0 Å². The molecular weight excluding hydrogens is 451 g/mol. The number of rotatable bonds is 7. The topological polar surface area (TPSA) is 100 Å². The van der Waals surface area contributed by atoms with E-state index >= 15 is 0 Å². The van der Waals surface area contributed by atoms with Crippen LogP contribution in [0, 0.1) is 11.7 Å². The van der Waals surface area contributed by atoms with E-state index in [2.05, 4.69) is 20.8 Å². The Labute approximate surface area is 192 Å². The fourth-order valence-electron chi connectivity index (χ4n) is 3.08. The lowest BCUT2D eigenvalue weighted by Crippen LogP contribution is -2.43. The second-order valence-electron chi connectivity index (χ2n) is 7.45. The van der Waals surface area contributed by atoms with Gasteiger partial charge in [0.1, 0.15) is 22.5 Å². The summed E-state index contributed by atoms with van der Waals surface area (Å²) >= 11 is 6.65. The Morgan fingerprint density at radius 2 is 2.03 bits per heavy atom. The van der Waals surface area contributed by atoms with Gasteiger partial charge in [0.25, 0.3) is 0 Å². The molecule has 164 valence electrons. The molecule has 0 radical (unpaired) electrons. The van der Waals surface area contributed by atoms with Crippen LogP contribution in [0.15, 0.2) is 53.1 Å². The third-order valence-electron chi connectivity index (χ3n) is 4.71. The Morgan fingerprint density at radius 1 is 1.22 bits per heavy atom. The van der Waals surface area contributed by atoms with Crippen molar-refractivity contribution in [3.63, 3.8) is 0 Å². The maximum Gasteiger partial charge on any atom is 0.326 e. The highest BCUT2D eigenvalue weighted by Gasteiger charge is 2.24. The highest BCUT2D eigenvalue weighted by atomic mass is 32.1. The summed E-state index contributed by atoms with van der Waals surface area (Å²) in [7, 11) is 0. The summed E-state index contributed by atoms with van der Waals surface area (Å²) in [5.41, 5.74) is 2.82. The minimum atomic E-state index is -0.988. The van der Waals surface area contributed by atoms with Crippen LogP contribution in [0.2, 0.25) is 0 Å². The molecule has 1 atom stereocenters. The van der Waals surface area contributed by atoms with E-state index in [0.29, 0.717) is 10.8 Å². The lowest BCUT2D eigenvalue weighted by atomic mass is 10.0. The first-order valence-corrected chi connectivity index (χ1v) is 11.0. The van der Waals surface area contributed by atoms with E-state index in [9.17, 15) is 14.3 Å². The van der Waals surface area contributed by atoms with Gasteiger partial charge in [-0.25, -0.2) is 14.2 Å². The van der Waals surface area contributed by atoms with Gasteiger partial charge >= 0.3 is 5.97 Å². The first-order valence-electron chi connectivity index (χ1n) is 9.74. The molecule has 32 heavy (non-hydrogen) atoms. The number of benzene rings is 2. The number of thiazole rings is 1. The van der Waals surface area contributed by atoms with Gasteiger partial charge in [-0.05, 0) is 36.2 Å². The predicted octanol–water partition coefficient (Wildman–Crippen LogP) is 5.21. The quantitative estimate of drug-likeness (QED) is 0.317. The van der Waals surface area contributed by atoms with Crippen LogP contribution in [0.1, 0.15) is 19.6 Å². The zero-order chi connectivity index (χ0) is 22.8. The minimum Gasteiger partial charge on any atom is -0.480 e. The number of carbonyl (C=O) groups is 1. The molecule has 0 spiro atoms. The van der Waals surface area contributed by atoms with E-state index in [-0.39, 0.29) is 22.5 Å². The van der Waals surface area contributed by atoms with Crippen LogP contribution in [0.25, 0.3) is 21.5 Å². The first kappa shape index (κ1) is 21.8. The molecule has 2 aromatic heterocycles. The number of aromatic nitrogens is 2. The Hall–Kier alpha value is -3.37. The molecule has 0 fully saturated rings. The summed E-state index contributed by atoms with van der Waals surface area (Å²) in [6.45, 7) is 3.58. The molecule has 0 aliphatic rings. The van der Waals surface area contributed by atoms with Crippen molar-refractivity contribution in [3.05, 3.63) is 60.1 Å². The van der Waals surface area contributed by atoms with E-state index in [0.717, 1.165) is 21.5 Å². The molecule has 1 unspecified atom stereocenters. The van der Waals surface area contributed by atoms with Crippen molar-refractivity contribution in [1.29, 1.82) is 0 Å². The predicted molar refractivity (Wildman–Crippen MR) is 126 cm³/mol. The van der Waals surface area contributed by atoms with Gasteiger partial charge in [-0.15, -0.1) is 0 Å². The summed E-state index contributed by atoms with van der Waals surface area (Å²) in [5, 5.41) is 20.1. The largest absolute Gasteiger partial charge is 0.480 e. The number of aliphatic carboxylic acids is 1. The summed E-state index contributed by atoms with van der Waals surface area (Å²) < 4.78 is 19.5. The summed E-state index contributed by atoms with van der Waals surface area (Å²) in [6.07, 6.45) is 0. The Balaban J connectivity index is 1.51. The highest BCUT2D eigenvalue weighted by molar-refractivity contribution is 7.80. The SMILES string of the molecule is CC(C)C(NC(=S)c1cc(-c2cccc(Nc3nc4ccc(F)cc4s3)c2)no1)C(=O)O. The van der Waals surface area contributed by atoms with Gasteiger partial charge in [0.05, 0.1) is 10.2 Å². The zero-order valence-electron chi connectivity index (χ0n) is 17.1. The van der Waals surface area contributed by atoms with Crippen molar-refractivity contribution in [2.45, 2.75) is 19.9 Å². The van der Waals surface area contributed by atoms with Crippen molar-refractivity contribution in [2.24, 2.45) is 5.92 Å². The lowest BCUT2D eigenvalue weighted by molar-refractivity contribution is -0.140. The molecule has 7 nitrogen and oxygen atoms in total. The third-order valence-corrected chi connectivity index (χ3v) is 5.97. The zero-order valence-corrected chi connectivity index (χ0v) is 18.8. The standard InChI is InChI=1S/C22H19FN4O3S2/c1-11(2)19(21(28)29)26-20(31)17-10-16(27-30-17)12-4-3-5-14(8-12)24-22-25-15-7-6-13(23)9-18(15)32-22/h3-11,19H,1-2H3,(H,24,25)(H,26,31)(H,28,29). The Morgan fingerprint density at radius 3 is 2.78 bits per heavy atom. The number of hydrogen-bond donors (Lipinski definition) is 3. The van der Waals surface area contributed by atoms with Gasteiger partial charge in [-0.3, -0.25) is 0 Å². The van der Waals surface area contributed by atoms with Gasteiger partial charge in [-0.1, -0.05) is 54.7 Å². The molecule has 0 amide bonds. The van der Waals surface area contributed by atoms with Gasteiger partial charge in [0, 0.05) is 17.3 Å². The number of nitrogens with one attached hydrogen (secondary N) is 2. The monoisotopic (exact) mass is 470 g/mol. The molecule has 0 aliphatic heterocycles. The molecule has 4 rings (SSSR count). The normalized spacial score (nSPS) is 12.1. The van der Waals surface area contributed by atoms with Crippen molar-refractivity contribution < 1.29 is 18.8 Å². The summed E-state index contributed by atoms with van der Waals surface area (Å²) in [5.74, 6) is -1.16. The molecule has 3 N–H and O–H groups in total.